The minimum Gasteiger partial charge on any atom is -0.481 e. The molecule has 0 saturated heterocycles. The number of carboxylic acid groups (broad SMARTS) is 1. The maximum absolute atomic E-state index is 11.6. The number of allylic oxidation sites excluding steroid dienone is 2. The SMILES string of the molecule is CC(C=O)=CCCC(C)C1CCC2(C)C3CCC(C(C)(O)CO)C4(CCC(=O)O)CC34CCC12C. The maximum Gasteiger partial charge on any atom is 0.303 e. The first-order valence-corrected chi connectivity index (χ1v) is 14.0. The van der Waals surface area contributed by atoms with Crippen LogP contribution in [0.25, 0.3) is 0 Å². The Bertz CT molecular complexity index is 878. The molecular weight excluding hydrogens is 440 g/mol. The Kier molecular flexibility index (Phi) is 6.88. The van der Waals surface area contributed by atoms with Gasteiger partial charge in [-0.25, -0.2) is 0 Å². The van der Waals surface area contributed by atoms with Crippen LogP contribution in [0.3, 0.4) is 0 Å². The number of aldehydes is 1. The number of aliphatic hydroxyl groups excluding tert-OH is 1. The van der Waals surface area contributed by atoms with Crippen molar-refractivity contribution in [2.24, 2.45) is 45.3 Å². The summed E-state index contributed by atoms with van der Waals surface area (Å²) >= 11 is 0. The Morgan fingerprint density at radius 2 is 1.86 bits per heavy atom. The summed E-state index contributed by atoms with van der Waals surface area (Å²) in [4.78, 5) is 22.6. The van der Waals surface area contributed by atoms with Gasteiger partial charge in [0.25, 0.3) is 0 Å². The predicted octanol–water partition coefficient (Wildman–Crippen LogP) is 5.78. The molecule has 0 aliphatic heterocycles. The van der Waals surface area contributed by atoms with E-state index < -0.39 is 11.6 Å². The van der Waals surface area contributed by atoms with Gasteiger partial charge in [-0.05, 0) is 129 Å². The van der Waals surface area contributed by atoms with Crippen LogP contribution in [0.1, 0.15) is 105 Å². The lowest BCUT2D eigenvalue weighted by Crippen LogP contribution is -2.57. The fraction of sp³-hybridized carbons (Fsp3) is 0.867. The highest BCUT2D eigenvalue weighted by Gasteiger charge is 2.81. The zero-order chi connectivity index (χ0) is 25.9. The standard InChI is InChI=1S/C30H48O5/c1-20(17-31)7-6-8-21(2)22-11-13-27(4)23-9-10-24(28(5,35)19-32)29(14-12-25(33)34)18-30(23,29)16-15-26(22,27)3/h7,17,21-24,32,35H,6,8-16,18-19H2,1-5H3,(H,33,34). The fourth-order valence-electron chi connectivity index (χ4n) is 10.4. The minimum atomic E-state index is -1.16. The van der Waals surface area contributed by atoms with E-state index in [1.54, 1.807) is 6.92 Å². The summed E-state index contributed by atoms with van der Waals surface area (Å²) in [5.41, 5.74) is 0.0983. The molecule has 198 valence electrons. The maximum atomic E-state index is 11.6. The van der Waals surface area contributed by atoms with E-state index in [1.807, 2.05) is 6.92 Å². The molecule has 4 aliphatic rings. The van der Waals surface area contributed by atoms with Gasteiger partial charge < -0.3 is 15.3 Å². The summed E-state index contributed by atoms with van der Waals surface area (Å²) in [6.07, 6.45) is 13.6. The first-order chi connectivity index (χ1) is 16.3. The minimum absolute atomic E-state index is 0.0347. The van der Waals surface area contributed by atoms with Crippen LogP contribution >= 0.6 is 0 Å². The summed E-state index contributed by atoms with van der Waals surface area (Å²) in [7, 11) is 0. The Balaban J connectivity index is 1.60. The van der Waals surface area contributed by atoms with E-state index in [2.05, 4.69) is 26.8 Å². The zero-order valence-corrected chi connectivity index (χ0v) is 22.6. The van der Waals surface area contributed by atoms with Gasteiger partial charge in [0.05, 0.1) is 12.2 Å². The number of fused-ring (bicyclic) bond motifs is 2. The molecule has 4 saturated carbocycles. The topological polar surface area (TPSA) is 94.8 Å². The molecule has 9 atom stereocenters. The molecule has 4 aliphatic carbocycles. The molecule has 5 heteroatoms. The first kappa shape index (κ1) is 26.9. The van der Waals surface area contributed by atoms with Crippen LogP contribution in [0.5, 0.6) is 0 Å². The van der Waals surface area contributed by atoms with Crippen molar-refractivity contribution >= 4 is 12.3 Å². The molecule has 4 fully saturated rings. The third-order valence-corrected chi connectivity index (χ3v) is 12.3. The monoisotopic (exact) mass is 488 g/mol. The lowest BCUT2D eigenvalue weighted by molar-refractivity contribution is -0.159. The second-order valence-corrected chi connectivity index (χ2v) is 13.7. The molecule has 1 spiro atoms. The van der Waals surface area contributed by atoms with E-state index in [1.165, 1.54) is 19.3 Å². The Morgan fingerprint density at radius 1 is 1.14 bits per heavy atom. The molecule has 4 rings (SSSR count). The molecule has 0 amide bonds. The third-order valence-electron chi connectivity index (χ3n) is 12.3. The van der Waals surface area contributed by atoms with Crippen LogP contribution in [0.2, 0.25) is 0 Å². The fourth-order valence-corrected chi connectivity index (χ4v) is 10.4. The zero-order valence-electron chi connectivity index (χ0n) is 22.6. The van der Waals surface area contributed by atoms with Crippen LogP contribution in [0, 0.1) is 45.3 Å². The van der Waals surface area contributed by atoms with E-state index in [0.717, 1.165) is 50.4 Å². The highest BCUT2D eigenvalue weighted by molar-refractivity contribution is 5.71. The molecule has 0 heterocycles. The van der Waals surface area contributed by atoms with Crippen molar-refractivity contribution in [1.29, 1.82) is 0 Å². The first-order valence-electron chi connectivity index (χ1n) is 14.0. The van der Waals surface area contributed by atoms with Crippen molar-refractivity contribution < 1.29 is 24.9 Å². The van der Waals surface area contributed by atoms with E-state index in [9.17, 15) is 24.9 Å². The molecule has 0 aromatic heterocycles. The second kappa shape index (κ2) is 8.97. The smallest absolute Gasteiger partial charge is 0.303 e. The van der Waals surface area contributed by atoms with Crippen LogP contribution in [0.15, 0.2) is 11.6 Å². The summed E-state index contributed by atoms with van der Waals surface area (Å²) in [6.45, 7) is 10.8. The van der Waals surface area contributed by atoms with Crippen molar-refractivity contribution in [3.05, 3.63) is 11.6 Å². The van der Waals surface area contributed by atoms with Crippen molar-refractivity contribution in [2.75, 3.05) is 6.61 Å². The Morgan fingerprint density at radius 3 is 2.49 bits per heavy atom. The van der Waals surface area contributed by atoms with Crippen molar-refractivity contribution in [3.63, 3.8) is 0 Å². The van der Waals surface area contributed by atoms with Crippen LogP contribution in [-0.4, -0.2) is 39.8 Å². The highest BCUT2D eigenvalue weighted by atomic mass is 16.4. The lowest BCUT2D eigenvalue weighted by Gasteiger charge is -2.61. The van der Waals surface area contributed by atoms with Gasteiger partial charge in [-0.3, -0.25) is 9.59 Å². The summed E-state index contributed by atoms with van der Waals surface area (Å²) in [5, 5.41) is 30.8. The van der Waals surface area contributed by atoms with Crippen molar-refractivity contribution in [2.45, 2.75) is 111 Å². The number of carboxylic acids is 1. The number of aliphatic carboxylic acids is 1. The van der Waals surface area contributed by atoms with Gasteiger partial charge in [0.1, 0.15) is 6.29 Å². The summed E-state index contributed by atoms with van der Waals surface area (Å²) < 4.78 is 0. The van der Waals surface area contributed by atoms with Crippen LogP contribution < -0.4 is 0 Å². The molecule has 5 nitrogen and oxygen atoms in total. The largest absolute Gasteiger partial charge is 0.481 e. The molecule has 0 radical (unpaired) electrons. The number of carbonyl (C=O) groups excluding carboxylic acids is 1. The Labute approximate surface area is 211 Å². The van der Waals surface area contributed by atoms with E-state index in [-0.39, 0.29) is 40.6 Å². The lowest BCUT2D eigenvalue weighted by atomic mass is 9.43. The average Bonchev–Trinajstić information content (AvgIpc) is 3.40. The normalized spacial score (nSPS) is 45.0. The number of aliphatic hydroxyl groups is 2. The predicted molar refractivity (Wildman–Crippen MR) is 137 cm³/mol. The molecule has 9 unspecified atom stereocenters. The van der Waals surface area contributed by atoms with Gasteiger partial charge >= 0.3 is 5.97 Å². The molecule has 0 aromatic rings. The molecule has 0 bridgehead atoms. The van der Waals surface area contributed by atoms with E-state index in [4.69, 9.17) is 0 Å². The molecular formula is C30H48O5. The van der Waals surface area contributed by atoms with Crippen LogP contribution in [-0.2, 0) is 9.59 Å². The van der Waals surface area contributed by atoms with Gasteiger partial charge in [0, 0.05) is 6.42 Å². The van der Waals surface area contributed by atoms with Gasteiger partial charge in [-0.15, -0.1) is 0 Å². The van der Waals surface area contributed by atoms with Crippen molar-refractivity contribution in [3.8, 4) is 0 Å². The van der Waals surface area contributed by atoms with E-state index >= 15 is 0 Å². The summed E-state index contributed by atoms with van der Waals surface area (Å²) in [6, 6.07) is 0. The van der Waals surface area contributed by atoms with Crippen molar-refractivity contribution in [1.82, 2.24) is 0 Å². The molecule has 3 N–H and O–H groups in total. The number of carbonyl (C=O) groups is 2. The average molecular weight is 489 g/mol. The molecule has 0 aromatic carbocycles. The van der Waals surface area contributed by atoms with E-state index in [0.29, 0.717) is 24.2 Å². The number of hydrogen-bond acceptors (Lipinski definition) is 4. The Hall–Kier alpha value is -1.20. The van der Waals surface area contributed by atoms with Gasteiger partial charge in [-0.2, -0.15) is 0 Å². The highest BCUT2D eigenvalue weighted by Crippen LogP contribution is 2.87. The van der Waals surface area contributed by atoms with Gasteiger partial charge in [-0.1, -0.05) is 26.8 Å². The third kappa shape index (κ3) is 3.86. The molecule has 35 heavy (non-hydrogen) atoms. The number of hydrogen-bond donors (Lipinski definition) is 3. The quantitative estimate of drug-likeness (QED) is 0.268. The second-order valence-electron chi connectivity index (χ2n) is 13.7. The summed E-state index contributed by atoms with van der Waals surface area (Å²) in [5.74, 6) is 1.04. The van der Waals surface area contributed by atoms with Gasteiger partial charge in [0.15, 0.2) is 0 Å². The van der Waals surface area contributed by atoms with Crippen LogP contribution in [0.4, 0.5) is 0 Å². The van der Waals surface area contributed by atoms with Gasteiger partial charge in [0.2, 0.25) is 0 Å². The number of rotatable bonds is 10.